The molecule has 0 atom stereocenters. The molecule has 0 amide bonds. The molecule has 0 aliphatic rings. The van der Waals surface area contributed by atoms with Crippen molar-refractivity contribution in [3.05, 3.63) is 29.2 Å². The Labute approximate surface area is 69.7 Å². The van der Waals surface area contributed by atoms with Gasteiger partial charge in [-0.2, -0.15) is 0 Å². The van der Waals surface area contributed by atoms with Crippen LogP contribution in [0.5, 0.6) is 0 Å². The summed E-state index contributed by atoms with van der Waals surface area (Å²) >= 11 is 0. The molecule has 1 aromatic rings. The molecule has 0 saturated carbocycles. The minimum absolute atomic E-state index is 0.380. The lowest BCUT2D eigenvalue weighted by Crippen LogP contribution is -2.20. The number of halogens is 1. The summed E-state index contributed by atoms with van der Waals surface area (Å²) in [6, 6.07) is 0. The summed E-state index contributed by atoms with van der Waals surface area (Å²) in [5.41, 5.74) is 0.881. The highest BCUT2D eigenvalue weighted by molar-refractivity contribution is 5.58. The van der Waals surface area contributed by atoms with Crippen LogP contribution in [0.15, 0.2) is 23.1 Å². The van der Waals surface area contributed by atoms with E-state index in [2.05, 4.69) is 18.3 Å². The molecule has 0 aliphatic carbocycles. The Balaban J connectivity index is 3.48. The van der Waals surface area contributed by atoms with Crippen molar-refractivity contribution in [2.24, 2.45) is 0 Å². The van der Waals surface area contributed by atoms with Gasteiger partial charge in [0.1, 0.15) is 5.83 Å². The second-order valence-corrected chi connectivity index (χ2v) is 2.40. The molecule has 1 rings (SSSR count). The van der Waals surface area contributed by atoms with E-state index in [1.807, 2.05) is 6.92 Å². The topological polar surface area (TPSA) is 26.0 Å². The number of rotatable bonds is 2. The molecule has 0 aromatic carbocycles. The maximum atomic E-state index is 12.8. The number of hydrogen-bond acceptors (Lipinski definition) is 2. The lowest BCUT2D eigenvalue weighted by Gasteiger charge is -1.95. The average Bonchev–Trinajstić information content (AvgIpc) is 2.38. The molecule has 0 aliphatic heterocycles. The fourth-order valence-electron chi connectivity index (χ4n) is 1.04. The van der Waals surface area contributed by atoms with Crippen LogP contribution < -0.4 is 10.6 Å². The van der Waals surface area contributed by atoms with Crippen molar-refractivity contribution in [1.82, 2.24) is 5.16 Å². The van der Waals surface area contributed by atoms with E-state index in [0.29, 0.717) is 22.6 Å². The molecule has 0 bridgehead atoms. The first-order valence-electron chi connectivity index (χ1n) is 3.64. The fraction of sp³-hybridized carbons (Fsp3) is 0.222. The third-order valence-electron chi connectivity index (χ3n) is 1.65. The molecule has 0 N–H and O–H groups in total. The van der Waals surface area contributed by atoms with Crippen LogP contribution in [0, 0.1) is 0 Å². The number of hydrogen-bond donors (Lipinski definition) is 0. The van der Waals surface area contributed by atoms with Crippen LogP contribution in [0.25, 0.3) is 12.2 Å². The molecule has 0 spiro atoms. The third kappa shape index (κ3) is 1.44. The first-order chi connectivity index (χ1) is 5.66. The van der Waals surface area contributed by atoms with Crippen LogP contribution in [-0.2, 0) is 0 Å². The lowest BCUT2D eigenvalue weighted by atomic mass is 10.1. The summed E-state index contributed by atoms with van der Waals surface area (Å²) in [4.78, 5) is 0. The van der Waals surface area contributed by atoms with Crippen molar-refractivity contribution in [3.8, 4) is 0 Å². The van der Waals surface area contributed by atoms with Gasteiger partial charge in [0.05, 0.1) is 6.20 Å². The van der Waals surface area contributed by atoms with Gasteiger partial charge in [-0.25, -0.2) is 4.39 Å². The van der Waals surface area contributed by atoms with Gasteiger partial charge in [-0.1, -0.05) is 25.2 Å². The molecule has 2 nitrogen and oxygen atoms in total. The maximum Gasteiger partial charge on any atom is 0.160 e. The van der Waals surface area contributed by atoms with Crippen molar-refractivity contribution < 1.29 is 8.91 Å². The van der Waals surface area contributed by atoms with Crippen LogP contribution in [0.2, 0.25) is 0 Å². The summed E-state index contributed by atoms with van der Waals surface area (Å²) in [5, 5.41) is 4.11. The molecule has 0 unspecified atom stereocenters. The lowest BCUT2D eigenvalue weighted by molar-refractivity contribution is 0.395. The minimum Gasteiger partial charge on any atom is -0.357 e. The van der Waals surface area contributed by atoms with Crippen LogP contribution in [0.4, 0.5) is 4.39 Å². The Hall–Kier alpha value is -1.38. The van der Waals surface area contributed by atoms with E-state index in [0.717, 1.165) is 0 Å². The van der Waals surface area contributed by atoms with Crippen molar-refractivity contribution in [2.75, 3.05) is 0 Å². The van der Waals surface area contributed by atoms with Gasteiger partial charge in [0, 0.05) is 5.22 Å². The van der Waals surface area contributed by atoms with Crippen LogP contribution in [0.1, 0.15) is 13.3 Å². The largest absolute Gasteiger partial charge is 0.357 e. The van der Waals surface area contributed by atoms with E-state index in [-0.39, 0.29) is 0 Å². The first-order valence-corrected chi connectivity index (χ1v) is 3.64. The Morgan fingerprint density at radius 1 is 1.75 bits per heavy atom. The molecule has 64 valence electrons. The number of allylic oxidation sites excluding steroid dienone is 1. The monoisotopic (exact) mass is 167 g/mol. The van der Waals surface area contributed by atoms with Crippen molar-refractivity contribution in [2.45, 2.75) is 13.3 Å². The number of aromatic nitrogens is 1. The highest BCUT2D eigenvalue weighted by Gasteiger charge is 2.02. The van der Waals surface area contributed by atoms with Gasteiger partial charge in [0.15, 0.2) is 5.42 Å². The van der Waals surface area contributed by atoms with E-state index >= 15 is 0 Å². The molecule has 12 heavy (non-hydrogen) atoms. The standard InChI is InChI=1S/C9H10FNO/c1-4-8(6(2)10)9-5-11-12-7(9)3/h5H,2-4H2,1H3/b9-8-. The predicted octanol–water partition coefficient (Wildman–Crippen LogP) is 1.13. The summed E-state index contributed by atoms with van der Waals surface area (Å²) in [6.07, 6.45) is 2.00. The quantitative estimate of drug-likeness (QED) is 0.660. The smallest absolute Gasteiger partial charge is 0.160 e. The van der Waals surface area contributed by atoms with E-state index in [1.54, 1.807) is 0 Å². The molecular weight excluding hydrogens is 157 g/mol. The summed E-state index contributed by atoms with van der Waals surface area (Å²) in [6.45, 7) is 8.64. The van der Waals surface area contributed by atoms with Crippen LogP contribution in [0.3, 0.4) is 0 Å². The molecular formula is C9H10FNO. The highest BCUT2D eigenvalue weighted by Crippen LogP contribution is 2.11. The normalized spacial score (nSPS) is 12.8. The summed E-state index contributed by atoms with van der Waals surface area (Å²) < 4.78 is 17.5. The van der Waals surface area contributed by atoms with Gasteiger partial charge < -0.3 is 4.52 Å². The van der Waals surface area contributed by atoms with Gasteiger partial charge in [-0.15, -0.1) is 0 Å². The van der Waals surface area contributed by atoms with Crippen LogP contribution >= 0.6 is 0 Å². The van der Waals surface area contributed by atoms with Crippen molar-refractivity contribution >= 4 is 12.2 Å². The van der Waals surface area contributed by atoms with Crippen molar-refractivity contribution in [3.63, 3.8) is 0 Å². The molecule has 0 fully saturated rings. The SMILES string of the molecule is C=C(F)/C(CC)=c1/cnoc1=C. The number of nitrogens with zero attached hydrogens (tertiary/aromatic N) is 1. The maximum absolute atomic E-state index is 12.8. The van der Waals surface area contributed by atoms with Gasteiger partial charge >= 0.3 is 0 Å². The van der Waals surface area contributed by atoms with Crippen LogP contribution in [-0.4, -0.2) is 5.16 Å². The zero-order valence-electron chi connectivity index (χ0n) is 6.93. The average molecular weight is 167 g/mol. The Bertz CT molecular complexity index is 391. The van der Waals surface area contributed by atoms with Gasteiger partial charge in [0.2, 0.25) is 0 Å². The van der Waals surface area contributed by atoms with E-state index < -0.39 is 5.83 Å². The molecule has 1 heterocycles. The summed E-state index contributed by atoms with van der Waals surface area (Å²) in [7, 11) is 0. The Morgan fingerprint density at radius 3 is 2.75 bits per heavy atom. The van der Waals surface area contributed by atoms with Gasteiger partial charge in [-0.3, -0.25) is 0 Å². The van der Waals surface area contributed by atoms with E-state index in [4.69, 9.17) is 4.52 Å². The molecule has 3 heteroatoms. The second kappa shape index (κ2) is 3.34. The van der Waals surface area contributed by atoms with Gasteiger partial charge in [0.25, 0.3) is 0 Å². The zero-order chi connectivity index (χ0) is 9.14. The molecule has 0 saturated heterocycles. The fourth-order valence-corrected chi connectivity index (χ4v) is 1.04. The Morgan fingerprint density at radius 2 is 2.42 bits per heavy atom. The Kier molecular flexibility index (Phi) is 2.43. The molecule has 0 radical (unpaired) electrons. The minimum atomic E-state index is -0.453. The first kappa shape index (κ1) is 8.71. The zero-order valence-corrected chi connectivity index (χ0v) is 6.93. The van der Waals surface area contributed by atoms with E-state index in [1.165, 1.54) is 6.20 Å². The summed E-state index contributed by atoms with van der Waals surface area (Å²) in [5.74, 6) is -0.453. The third-order valence-corrected chi connectivity index (χ3v) is 1.65. The highest BCUT2D eigenvalue weighted by atomic mass is 19.1. The van der Waals surface area contributed by atoms with Crippen molar-refractivity contribution in [1.29, 1.82) is 0 Å². The predicted molar refractivity (Wildman–Crippen MR) is 45.2 cm³/mol. The second-order valence-electron chi connectivity index (χ2n) is 2.40. The van der Waals surface area contributed by atoms with E-state index in [9.17, 15) is 4.39 Å². The van der Waals surface area contributed by atoms with Gasteiger partial charge in [-0.05, 0) is 12.0 Å². The molecule has 1 aromatic heterocycles.